The zero-order valence-corrected chi connectivity index (χ0v) is 10.5. The summed E-state index contributed by atoms with van der Waals surface area (Å²) < 4.78 is 9.97. The molecule has 1 rings (SSSR count). The summed E-state index contributed by atoms with van der Waals surface area (Å²) in [6.07, 6.45) is 1.63. The Morgan fingerprint density at radius 1 is 1.35 bits per heavy atom. The highest BCUT2D eigenvalue weighted by molar-refractivity contribution is 6.31. The van der Waals surface area contributed by atoms with Crippen LogP contribution in [0.4, 0.5) is 5.69 Å². The fourth-order valence-corrected chi connectivity index (χ4v) is 1.49. The van der Waals surface area contributed by atoms with Gasteiger partial charge in [-0.2, -0.15) is 0 Å². The van der Waals surface area contributed by atoms with Crippen LogP contribution in [0.25, 0.3) is 0 Å². The SMILES string of the molecule is COCCCCOC(=O)c1ccc(Cl)cc1N. The topological polar surface area (TPSA) is 61.5 Å². The standard InChI is InChI=1S/C12H16ClNO3/c1-16-6-2-3-7-17-12(15)10-5-4-9(13)8-11(10)14/h4-5,8H,2-3,6-7,14H2,1H3. The van der Waals surface area contributed by atoms with Crippen molar-refractivity contribution >= 4 is 23.3 Å². The summed E-state index contributed by atoms with van der Waals surface area (Å²) in [6, 6.07) is 4.71. The number of rotatable bonds is 6. The molecule has 0 spiro atoms. The van der Waals surface area contributed by atoms with Crippen LogP contribution in [0.1, 0.15) is 23.2 Å². The number of esters is 1. The molecule has 0 aliphatic heterocycles. The first-order valence-electron chi connectivity index (χ1n) is 5.36. The maximum absolute atomic E-state index is 11.6. The second kappa shape index (κ2) is 7.14. The Kier molecular flexibility index (Phi) is 5.80. The number of hydrogen-bond donors (Lipinski definition) is 1. The van der Waals surface area contributed by atoms with Crippen LogP contribution in [-0.4, -0.2) is 26.3 Å². The smallest absolute Gasteiger partial charge is 0.340 e. The highest BCUT2D eigenvalue weighted by atomic mass is 35.5. The highest BCUT2D eigenvalue weighted by Crippen LogP contribution is 2.18. The van der Waals surface area contributed by atoms with Gasteiger partial charge >= 0.3 is 5.97 Å². The Bertz CT molecular complexity index is 382. The lowest BCUT2D eigenvalue weighted by Crippen LogP contribution is -2.09. The molecule has 0 aliphatic rings. The number of halogens is 1. The first-order chi connectivity index (χ1) is 8.15. The Morgan fingerprint density at radius 2 is 2.06 bits per heavy atom. The van der Waals surface area contributed by atoms with Crippen LogP contribution >= 0.6 is 11.6 Å². The predicted octanol–water partition coefficient (Wildman–Crippen LogP) is 2.51. The monoisotopic (exact) mass is 257 g/mol. The average Bonchev–Trinajstić information content (AvgIpc) is 2.28. The van der Waals surface area contributed by atoms with Gasteiger partial charge in [-0.25, -0.2) is 4.79 Å². The minimum atomic E-state index is -0.420. The van der Waals surface area contributed by atoms with Gasteiger partial charge in [0.05, 0.1) is 12.2 Å². The van der Waals surface area contributed by atoms with Crippen molar-refractivity contribution in [3.63, 3.8) is 0 Å². The van der Waals surface area contributed by atoms with Crippen molar-refractivity contribution < 1.29 is 14.3 Å². The van der Waals surface area contributed by atoms with E-state index in [2.05, 4.69) is 0 Å². The van der Waals surface area contributed by atoms with E-state index in [4.69, 9.17) is 26.8 Å². The number of carbonyl (C=O) groups is 1. The summed E-state index contributed by atoms with van der Waals surface area (Å²) >= 11 is 5.74. The Balaban J connectivity index is 2.42. The number of benzene rings is 1. The molecule has 0 atom stereocenters. The normalized spacial score (nSPS) is 10.2. The van der Waals surface area contributed by atoms with Crippen molar-refractivity contribution in [3.05, 3.63) is 28.8 Å². The third kappa shape index (κ3) is 4.63. The third-order valence-electron chi connectivity index (χ3n) is 2.21. The molecule has 0 aliphatic carbocycles. The maximum atomic E-state index is 11.6. The van der Waals surface area contributed by atoms with Gasteiger partial charge in [-0.15, -0.1) is 0 Å². The lowest BCUT2D eigenvalue weighted by atomic mass is 10.2. The van der Waals surface area contributed by atoms with Gasteiger partial charge in [0, 0.05) is 24.4 Å². The molecule has 0 saturated carbocycles. The number of hydrogen-bond acceptors (Lipinski definition) is 4. The zero-order valence-electron chi connectivity index (χ0n) is 9.74. The van der Waals surface area contributed by atoms with Crippen LogP contribution in [-0.2, 0) is 9.47 Å². The van der Waals surface area contributed by atoms with E-state index in [0.29, 0.717) is 29.5 Å². The number of methoxy groups -OCH3 is 1. The van der Waals surface area contributed by atoms with Crippen molar-refractivity contribution in [2.75, 3.05) is 26.1 Å². The van der Waals surface area contributed by atoms with Crippen molar-refractivity contribution in [1.29, 1.82) is 0 Å². The predicted molar refractivity (Wildman–Crippen MR) is 67.3 cm³/mol. The summed E-state index contributed by atoms with van der Waals surface area (Å²) in [5.41, 5.74) is 6.35. The van der Waals surface area contributed by atoms with Crippen LogP contribution in [0.3, 0.4) is 0 Å². The maximum Gasteiger partial charge on any atom is 0.340 e. The largest absolute Gasteiger partial charge is 0.462 e. The van der Waals surface area contributed by atoms with E-state index in [9.17, 15) is 4.79 Å². The molecule has 17 heavy (non-hydrogen) atoms. The molecule has 0 saturated heterocycles. The Hall–Kier alpha value is -1.26. The number of anilines is 1. The van der Waals surface area contributed by atoms with Crippen molar-refractivity contribution in [2.45, 2.75) is 12.8 Å². The van der Waals surface area contributed by atoms with Crippen LogP contribution < -0.4 is 5.73 Å². The van der Waals surface area contributed by atoms with Gasteiger partial charge in [-0.3, -0.25) is 0 Å². The summed E-state index contributed by atoms with van der Waals surface area (Å²) in [7, 11) is 1.64. The van der Waals surface area contributed by atoms with Crippen LogP contribution in [0.15, 0.2) is 18.2 Å². The van der Waals surface area contributed by atoms with E-state index in [-0.39, 0.29) is 0 Å². The summed E-state index contributed by atoms with van der Waals surface area (Å²) in [4.78, 5) is 11.6. The Morgan fingerprint density at radius 3 is 2.71 bits per heavy atom. The first kappa shape index (κ1) is 13.8. The average molecular weight is 258 g/mol. The van der Waals surface area contributed by atoms with E-state index in [1.165, 1.54) is 6.07 Å². The molecule has 5 heteroatoms. The molecule has 0 aromatic heterocycles. The molecule has 0 bridgehead atoms. The number of nitrogens with two attached hydrogens (primary N) is 1. The highest BCUT2D eigenvalue weighted by Gasteiger charge is 2.10. The molecule has 0 fully saturated rings. The van der Waals surface area contributed by atoms with Crippen molar-refractivity contribution in [2.24, 2.45) is 0 Å². The molecule has 1 aromatic carbocycles. The zero-order chi connectivity index (χ0) is 12.7. The second-order valence-electron chi connectivity index (χ2n) is 3.57. The second-order valence-corrected chi connectivity index (χ2v) is 4.00. The molecule has 94 valence electrons. The van der Waals surface area contributed by atoms with E-state index >= 15 is 0 Å². The number of ether oxygens (including phenoxy) is 2. The molecular formula is C12H16ClNO3. The van der Waals surface area contributed by atoms with E-state index in [1.807, 2.05) is 0 Å². The lowest BCUT2D eigenvalue weighted by Gasteiger charge is -2.07. The van der Waals surface area contributed by atoms with E-state index in [1.54, 1.807) is 19.2 Å². The minimum Gasteiger partial charge on any atom is -0.462 e. The number of unbranched alkanes of at least 4 members (excludes halogenated alkanes) is 1. The third-order valence-corrected chi connectivity index (χ3v) is 2.44. The summed E-state index contributed by atoms with van der Waals surface area (Å²) in [5, 5.41) is 0.499. The lowest BCUT2D eigenvalue weighted by molar-refractivity contribution is 0.0490. The fraction of sp³-hybridized carbons (Fsp3) is 0.417. The van der Waals surface area contributed by atoms with Gasteiger partial charge in [0.2, 0.25) is 0 Å². The molecular weight excluding hydrogens is 242 g/mol. The minimum absolute atomic E-state index is 0.333. The van der Waals surface area contributed by atoms with Crippen molar-refractivity contribution in [1.82, 2.24) is 0 Å². The summed E-state index contributed by atoms with van der Waals surface area (Å²) in [5.74, 6) is -0.420. The fourth-order valence-electron chi connectivity index (χ4n) is 1.31. The Labute approximate surface area is 106 Å². The molecule has 0 amide bonds. The van der Waals surface area contributed by atoms with Crippen LogP contribution in [0.2, 0.25) is 5.02 Å². The van der Waals surface area contributed by atoms with E-state index < -0.39 is 5.97 Å². The van der Waals surface area contributed by atoms with E-state index in [0.717, 1.165) is 12.8 Å². The molecule has 0 radical (unpaired) electrons. The van der Waals surface area contributed by atoms with Crippen LogP contribution in [0, 0.1) is 0 Å². The summed E-state index contributed by atoms with van der Waals surface area (Å²) in [6.45, 7) is 1.03. The molecule has 4 nitrogen and oxygen atoms in total. The molecule has 0 unspecified atom stereocenters. The van der Waals surface area contributed by atoms with Gasteiger partial charge in [-0.05, 0) is 31.0 Å². The van der Waals surface area contributed by atoms with Crippen LogP contribution in [0.5, 0.6) is 0 Å². The molecule has 1 aromatic rings. The van der Waals surface area contributed by atoms with Gasteiger partial charge in [0.25, 0.3) is 0 Å². The van der Waals surface area contributed by atoms with Gasteiger partial charge < -0.3 is 15.2 Å². The molecule has 2 N–H and O–H groups in total. The van der Waals surface area contributed by atoms with Gasteiger partial charge in [0.1, 0.15) is 0 Å². The number of nitrogen functional groups attached to an aromatic ring is 1. The van der Waals surface area contributed by atoms with Gasteiger partial charge in [0.15, 0.2) is 0 Å². The van der Waals surface area contributed by atoms with Gasteiger partial charge in [-0.1, -0.05) is 11.6 Å². The first-order valence-corrected chi connectivity index (χ1v) is 5.74. The number of carbonyl (C=O) groups excluding carboxylic acids is 1. The van der Waals surface area contributed by atoms with Crippen molar-refractivity contribution in [3.8, 4) is 0 Å². The quantitative estimate of drug-likeness (QED) is 0.483. The molecule has 0 heterocycles.